The van der Waals surface area contributed by atoms with Crippen molar-refractivity contribution in [2.24, 2.45) is 5.73 Å². The number of nitrogens with two attached hydrogens (primary N) is 1. The Labute approximate surface area is 202 Å². The zero-order valence-corrected chi connectivity index (χ0v) is 18.6. The van der Waals surface area contributed by atoms with E-state index in [4.69, 9.17) is 20.3 Å². The molecule has 3 rings (SSSR count). The summed E-state index contributed by atoms with van der Waals surface area (Å²) in [5, 5.41) is 9.05. The summed E-state index contributed by atoms with van der Waals surface area (Å²) in [5.74, 6) is -1.38. The van der Waals surface area contributed by atoms with Crippen LogP contribution < -0.4 is 15.2 Å². The Bertz CT molecular complexity index is 1210. The fourth-order valence-corrected chi connectivity index (χ4v) is 3.41. The summed E-state index contributed by atoms with van der Waals surface area (Å²) in [6.45, 7) is -1.03. The molecular weight excluding hydrogens is 492 g/mol. The van der Waals surface area contributed by atoms with Gasteiger partial charge in [-0.05, 0) is 36.2 Å². The largest absolute Gasteiger partial charge is 0.485 e. The minimum Gasteiger partial charge on any atom is -0.485 e. The number of aliphatic carboxylic acids is 1. The molecule has 192 valence electrons. The van der Waals surface area contributed by atoms with Crippen LogP contribution in [-0.2, 0) is 36.8 Å². The minimum absolute atomic E-state index is 0.0379. The molecule has 0 aliphatic heterocycles. The van der Waals surface area contributed by atoms with E-state index >= 15 is 0 Å². The second-order valence-corrected chi connectivity index (χ2v) is 7.82. The average molecular weight is 513 g/mol. The van der Waals surface area contributed by atoms with Gasteiger partial charge in [-0.2, -0.15) is 26.3 Å². The Morgan fingerprint density at radius 1 is 0.778 bits per heavy atom. The Hall–Kier alpha value is -3.73. The van der Waals surface area contributed by atoms with Crippen molar-refractivity contribution in [3.8, 4) is 11.5 Å². The molecular formula is C25H21F6NO4. The molecule has 0 aliphatic carbocycles. The number of carboxylic acid groups (broad SMARTS) is 1. The molecule has 0 aromatic heterocycles. The fourth-order valence-electron chi connectivity index (χ4n) is 3.41. The molecule has 0 fully saturated rings. The number of hydrogen-bond donors (Lipinski definition) is 2. The Morgan fingerprint density at radius 3 is 1.72 bits per heavy atom. The van der Waals surface area contributed by atoms with E-state index in [2.05, 4.69) is 0 Å². The predicted molar refractivity (Wildman–Crippen MR) is 117 cm³/mol. The van der Waals surface area contributed by atoms with Gasteiger partial charge in [-0.1, -0.05) is 42.5 Å². The van der Waals surface area contributed by atoms with E-state index < -0.39 is 48.7 Å². The maximum absolute atomic E-state index is 13.3. The van der Waals surface area contributed by atoms with Gasteiger partial charge in [0.25, 0.3) is 0 Å². The number of alkyl halides is 6. The van der Waals surface area contributed by atoms with Gasteiger partial charge in [0, 0.05) is 11.1 Å². The summed E-state index contributed by atoms with van der Waals surface area (Å²) in [7, 11) is 0. The lowest BCUT2D eigenvalue weighted by Crippen LogP contribution is -2.32. The van der Waals surface area contributed by atoms with Crippen molar-refractivity contribution in [3.05, 3.63) is 94.5 Å². The molecule has 0 saturated heterocycles. The molecule has 36 heavy (non-hydrogen) atoms. The first kappa shape index (κ1) is 26.9. The van der Waals surface area contributed by atoms with E-state index in [1.165, 1.54) is 54.6 Å². The number of hydrogen-bond acceptors (Lipinski definition) is 4. The third-order valence-electron chi connectivity index (χ3n) is 5.19. The van der Waals surface area contributed by atoms with Crippen LogP contribution in [0.3, 0.4) is 0 Å². The Morgan fingerprint density at radius 2 is 1.25 bits per heavy atom. The van der Waals surface area contributed by atoms with E-state index in [-0.39, 0.29) is 29.0 Å². The first-order valence-electron chi connectivity index (χ1n) is 10.5. The molecule has 0 saturated carbocycles. The molecule has 0 radical (unpaired) electrons. The highest BCUT2D eigenvalue weighted by Gasteiger charge is 2.34. The SMILES string of the molecule is N[C@@H](Cc1ccc(OCc2ccccc2C(F)(F)F)c(OCc2ccccc2C(F)(F)F)c1)C(=O)O. The second kappa shape index (κ2) is 10.9. The Balaban J connectivity index is 1.89. The van der Waals surface area contributed by atoms with Crippen LogP contribution in [0, 0.1) is 0 Å². The van der Waals surface area contributed by atoms with Crippen LogP contribution >= 0.6 is 0 Å². The highest BCUT2D eigenvalue weighted by atomic mass is 19.4. The standard InChI is InChI=1S/C25H21F6NO4/c26-24(27,28)18-7-3-1-5-16(18)13-35-21-10-9-15(11-20(32)23(33)34)12-22(21)36-14-17-6-2-4-8-19(17)25(29,30)31/h1-10,12,20H,11,13-14,32H2,(H,33,34)/t20-/m0/s1. The summed E-state index contributed by atoms with van der Waals surface area (Å²) in [4.78, 5) is 11.1. The maximum atomic E-state index is 13.3. The molecule has 0 heterocycles. The smallest absolute Gasteiger partial charge is 0.416 e. The molecule has 3 aromatic carbocycles. The number of ether oxygens (including phenoxy) is 2. The topological polar surface area (TPSA) is 81.8 Å². The van der Waals surface area contributed by atoms with Gasteiger partial charge < -0.3 is 20.3 Å². The van der Waals surface area contributed by atoms with E-state index in [1.807, 2.05) is 0 Å². The third-order valence-corrected chi connectivity index (χ3v) is 5.19. The van der Waals surface area contributed by atoms with Crippen LogP contribution in [0.2, 0.25) is 0 Å². The van der Waals surface area contributed by atoms with Gasteiger partial charge in [0.1, 0.15) is 19.3 Å². The average Bonchev–Trinajstić information content (AvgIpc) is 2.81. The van der Waals surface area contributed by atoms with E-state index in [0.29, 0.717) is 5.56 Å². The lowest BCUT2D eigenvalue weighted by atomic mass is 10.1. The summed E-state index contributed by atoms with van der Waals surface area (Å²) >= 11 is 0. The molecule has 0 spiro atoms. The van der Waals surface area contributed by atoms with E-state index in [9.17, 15) is 31.1 Å². The zero-order valence-electron chi connectivity index (χ0n) is 18.6. The first-order valence-corrected chi connectivity index (χ1v) is 10.5. The molecule has 5 nitrogen and oxygen atoms in total. The summed E-state index contributed by atoms with van der Waals surface area (Å²) in [6, 6.07) is 12.4. The molecule has 0 amide bonds. The molecule has 3 N–H and O–H groups in total. The van der Waals surface area contributed by atoms with Gasteiger partial charge in [0.2, 0.25) is 0 Å². The summed E-state index contributed by atoms with van der Waals surface area (Å²) in [6.07, 6.45) is -9.36. The van der Waals surface area contributed by atoms with Crippen LogP contribution in [0.4, 0.5) is 26.3 Å². The van der Waals surface area contributed by atoms with E-state index in [0.717, 1.165) is 12.1 Å². The van der Waals surface area contributed by atoms with Crippen molar-refractivity contribution in [3.63, 3.8) is 0 Å². The molecule has 1 atom stereocenters. The summed E-state index contributed by atoms with van der Waals surface area (Å²) in [5.41, 5.74) is 3.81. The van der Waals surface area contributed by atoms with Crippen LogP contribution in [0.25, 0.3) is 0 Å². The van der Waals surface area contributed by atoms with Gasteiger partial charge in [0.05, 0.1) is 11.1 Å². The number of carboxylic acids is 1. The molecule has 0 bridgehead atoms. The van der Waals surface area contributed by atoms with Crippen molar-refractivity contribution < 1.29 is 45.7 Å². The molecule has 11 heteroatoms. The van der Waals surface area contributed by atoms with Crippen molar-refractivity contribution >= 4 is 5.97 Å². The molecule has 0 unspecified atom stereocenters. The number of halogens is 6. The van der Waals surface area contributed by atoms with Crippen molar-refractivity contribution in [2.45, 2.75) is 38.0 Å². The van der Waals surface area contributed by atoms with Crippen LogP contribution in [-0.4, -0.2) is 17.1 Å². The van der Waals surface area contributed by atoms with Gasteiger partial charge in [-0.25, -0.2) is 0 Å². The Kier molecular flexibility index (Phi) is 8.13. The normalized spacial score (nSPS) is 12.8. The van der Waals surface area contributed by atoms with Gasteiger partial charge in [-0.15, -0.1) is 0 Å². The highest BCUT2D eigenvalue weighted by molar-refractivity contribution is 5.73. The zero-order chi connectivity index (χ0) is 26.5. The van der Waals surface area contributed by atoms with Crippen LogP contribution in [0.5, 0.6) is 11.5 Å². The minimum atomic E-state index is -4.63. The van der Waals surface area contributed by atoms with Gasteiger partial charge >= 0.3 is 18.3 Å². The van der Waals surface area contributed by atoms with Gasteiger partial charge in [0.15, 0.2) is 11.5 Å². The maximum Gasteiger partial charge on any atom is 0.416 e. The van der Waals surface area contributed by atoms with Crippen LogP contribution in [0.1, 0.15) is 27.8 Å². The number of rotatable bonds is 9. The monoisotopic (exact) mass is 513 g/mol. The second-order valence-electron chi connectivity index (χ2n) is 7.82. The lowest BCUT2D eigenvalue weighted by molar-refractivity contribution is -0.139. The number of carbonyl (C=O) groups is 1. The third kappa shape index (κ3) is 6.91. The van der Waals surface area contributed by atoms with Crippen molar-refractivity contribution in [1.82, 2.24) is 0 Å². The fraction of sp³-hybridized carbons (Fsp3) is 0.240. The van der Waals surface area contributed by atoms with Crippen LogP contribution in [0.15, 0.2) is 66.7 Å². The lowest BCUT2D eigenvalue weighted by Gasteiger charge is -2.18. The summed E-state index contributed by atoms with van der Waals surface area (Å²) < 4.78 is 91.1. The first-order chi connectivity index (χ1) is 16.9. The molecule has 0 aliphatic rings. The van der Waals surface area contributed by atoms with E-state index in [1.54, 1.807) is 0 Å². The number of benzene rings is 3. The predicted octanol–water partition coefficient (Wildman–Crippen LogP) is 5.84. The highest BCUT2D eigenvalue weighted by Crippen LogP contribution is 2.36. The van der Waals surface area contributed by atoms with Crippen molar-refractivity contribution in [2.75, 3.05) is 0 Å². The van der Waals surface area contributed by atoms with Crippen molar-refractivity contribution in [1.29, 1.82) is 0 Å². The molecule has 3 aromatic rings. The van der Waals surface area contributed by atoms with Gasteiger partial charge in [-0.3, -0.25) is 4.79 Å². The quantitative estimate of drug-likeness (QED) is 0.352.